The van der Waals surface area contributed by atoms with E-state index in [1.54, 1.807) is 20.0 Å². The molecule has 0 aromatic carbocycles. The maximum Gasteiger partial charge on any atom is 0.453 e. The summed E-state index contributed by atoms with van der Waals surface area (Å²) in [6.45, 7) is 3.79. The number of amides is 1. The molecule has 0 saturated heterocycles. The van der Waals surface area contributed by atoms with E-state index in [4.69, 9.17) is 0 Å². The summed E-state index contributed by atoms with van der Waals surface area (Å²) in [7, 11) is 0. The molecular formula is C18H19F3N6O. The van der Waals surface area contributed by atoms with Gasteiger partial charge in [-0.05, 0) is 38.0 Å². The predicted octanol–water partition coefficient (Wildman–Crippen LogP) is 2.45. The predicted molar refractivity (Wildman–Crippen MR) is 94.5 cm³/mol. The van der Waals surface area contributed by atoms with Crippen molar-refractivity contribution in [2.45, 2.75) is 39.3 Å². The molecule has 0 saturated carbocycles. The van der Waals surface area contributed by atoms with E-state index in [1.807, 2.05) is 18.2 Å². The molecule has 3 heterocycles. The molecule has 0 spiro atoms. The van der Waals surface area contributed by atoms with E-state index >= 15 is 0 Å². The van der Waals surface area contributed by atoms with Crippen molar-refractivity contribution in [3.8, 4) is 0 Å². The second-order valence-corrected chi connectivity index (χ2v) is 6.33. The summed E-state index contributed by atoms with van der Waals surface area (Å²) < 4.78 is 39.6. The number of aryl methyl sites for hydroxylation is 2. The van der Waals surface area contributed by atoms with Gasteiger partial charge in [-0.3, -0.25) is 9.78 Å². The maximum absolute atomic E-state index is 12.8. The van der Waals surface area contributed by atoms with Gasteiger partial charge in [0.25, 0.3) is 11.6 Å². The van der Waals surface area contributed by atoms with E-state index in [-0.39, 0.29) is 18.1 Å². The lowest BCUT2D eigenvalue weighted by Crippen LogP contribution is -2.26. The Morgan fingerprint density at radius 1 is 1.18 bits per heavy atom. The molecule has 1 amide bonds. The van der Waals surface area contributed by atoms with Crippen LogP contribution in [-0.2, 0) is 23.8 Å². The van der Waals surface area contributed by atoms with Gasteiger partial charge in [-0.15, -0.1) is 5.10 Å². The first kappa shape index (κ1) is 19.7. The molecule has 0 bridgehead atoms. The molecule has 3 aromatic rings. The van der Waals surface area contributed by atoms with Crippen LogP contribution in [0, 0.1) is 13.8 Å². The lowest BCUT2D eigenvalue weighted by atomic mass is 10.1. The molecule has 1 N–H and O–H groups in total. The van der Waals surface area contributed by atoms with Crippen LogP contribution in [-0.4, -0.2) is 37.0 Å². The molecule has 0 atom stereocenters. The monoisotopic (exact) mass is 392 g/mol. The molecule has 3 aromatic heterocycles. The molecule has 10 heteroatoms. The van der Waals surface area contributed by atoms with Crippen molar-refractivity contribution in [1.82, 2.24) is 29.9 Å². The number of nitrogens with one attached hydrogen (secondary N) is 1. The van der Waals surface area contributed by atoms with Crippen LogP contribution in [0.2, 0.25) is 0 Å². The van der Waals surface area contributed by atoms with Crippen LogP contribution in [0.25, 0.3) is 5.78 Å². The van der Waals surface area contributed by atoms with Crippen LogP contribution in [0.3, 0.4) is 0 Å². The van der Waals surface area contributed by atoms with Gasteiger partial charge in [0.15, 0.2) is 0 Å². The maximum atomic E-state index is 12.8. The Kier molecular flexibility index (Phi) is 5.57. The summed E-state index contributed by atoms with van der Waals surface area (Å²) >= 11 is 0. The summed E-state index contributed by atoms with van der Waals surface area (Å²) in [5.41, 5.74) is 2.60. The number of carbonyl (C=O) groups excluding carboxylic acids is 1. The van der Waals surface area contributed by atoms with Crippen molar-refractivity contribution in [3.05, 3.63) is 52.9 Å². The second kappa shape index (κ2) is 7.91. The Bertz CT molecular complexity index is 984. The van der Waals surface area contributed by atoms with Crippen molar-refractivity contribution in [1.29, 1.82) is 0 Å². The van der Waals surface area contributed by atoms with Crippen molar-refractivity contribution in [2.24, 2.45) is 0 Å². The largest absolute Gasteiger partial charge is 0.453 e. The first-order valence-electron chi connectivity index (χ1n) is 8.72. The highest BCUT2D eigenvalue weighted by molar-refractivity contribution is 5.76. The Hall–Kier alpha value is -3.04. The first-order chi connectivity index (χ1) is 13.3. The fraction of sp³-hybridized carbons (Fsp3) is 0.389. The fourth-order valence-corrected chi connectivity index (χ4v) is 2.89. The summed E-state index contributed by atoms with van der Waals surface area (Å²) in [5.74, 6) is -1.48. The molecule has 148 valence electrons. The molecule has 3 rings (SSSR count). The fourth-order valence-electron chi connectivity index (χ4n) is 2.89. The van der Waals surface area contributed by atoms with Crippen LogP contribution in [0.15, 0.2) is 24.4 Å². The third-order valence-electron chi connectivity index (χ3n) is 4.33. The van der Waals surface area contributed by atoms with Crippen LogP contribution in [0.5, 0.6) is 0 Å². The molecule has 7 nitrogen and oxygen atoms in total. The first-order valence-corrected chi connectivity index (χ1v) is 8.72. The number of halogens is 3. The third kappa shape index (κ3) is 4.44. The Balaban J connectivity index is 1.64. The highest BCUT2D eigenvalue weighted by Gasteiger charge is 2.36. The van der Waals surface area contributed by atoms with Crippen molar-refractivity contribution in [2.75, 3.05) is 6.54 Å². The molecule has 0 aliphatic rings. The zero-order valence-electron chi connectivity index (χ0n) is 15.4. The normalized spacial score (nSPS) is 11.8. The van der Waals surface area contributed by atoms with Gasteiger partial charge in [-0.2, -0.15) is 18.2 Å². The van der Waals surface area contributed by atoms with Gasteiger partial charge in [0.2, 0.25) is 5.91 Å². The van der Waals surface area contributed by atoms with E-state index < -0.39 is 12.0 Å². The number of hydrogen-bond donors (Lipinski definition) is 1. The van der Waals surface area contributed by atoms with Gasteiger partial charge in [-0.25, -0.2) is 9.50 Å². The number of rotatable bonds is 6. The molecule has 0 fully saturated rings. The smallest absolute Gasteiger partial charge is 0.356 e. The zero-order valence-corrected chi connectivity index (χ0v) is 15.4. The minimum atomic E-state index is -4.64. The average Bonchev–Trinajstić information content (AvgIpc) is 3.07. The van der Waals surface area contributed by atoms with E-state index in [0.717, 1.165) is 10.2 Å². The number of aromatic nitrogens is 5. The topological polar surface area (TPSA) is 85.1 Å². The van der Waals surface area contributed by atoms with Gasteiger partial charge in [0, 0.05) is 42.7 Å². The second-order valence-electron chi connectivity index (χ2n) is 6.33. The minimum absolute atomic E-state index is 0.106. The van der Waals surface area contributed by atoms with Gasteiger partial charge in [0.05, 0.1) is 0 Å². The van der Waals surface area contributed by atoms with Gasteiger partial charge >= 0.3 is 6.18 Å². The Morgan fingerprint density at radius 3 is 2.64 bits per heavy atom. The van der Waals surface area contributed by atoms with Crippen molar-refractivity contribution in [3.63, 3.8) is 0 Å². The van der Waals surface area contributed by atoms with E-state index in [1.165, 1.54) is 0 Å². The van der Waals surface area contributed by atoms with Crippen LogP contribution < -0.4 is 5.32 Å². The average molecular weight is 392 g/mol. The molecule has 0 unspecified atom stereocenters. The lowest BCUT2D eigenvalue weighted by Gasteiger charge is -2.10. The summed E-state index contributed by atoms with van der Waals surface area (Å²) in [5, 5.41) is 6.32. The molecule has 0 radical (unpaired) electrons. The number of hydrogen-bond acceptors (Lipinski definition) is 5. The zero-order chi connectivity index (χ0) is 20.3. The lowest BCUT2D eigenvalue weighted by molar-refractivity contribution is -0.144. The summed E-state index contributed by atoms with van der Waals surface area (Å²) in [4.78, 5) is 23.8. The third-order valence-corrected chi connectivity index (χ3v) is 4.33. The highest BCUT2D eigenvalue weighted by atomic mass is 19.4. The molecular weight excluding hydrogens is 373 g/mol. The van der Waals surface area contributed by atoms with E-state index in [9.17, 15) is 18.0 Å². The number of fused-ring (bicyclic) bond motifs is 1. The number of pyridine rings is 1. The summed E-state index contributed by atoms with van der Waals surface area (Å²) in [6.07, 6.45) is -1.78. The molecule has 0 aliphatic heterocycles. The van der Waals surface area contributed by atoms with Crippen LogP contribution in [0.4, 0.5) is 13.2 Å². The van der Waals surface area contributed by atoms with Crippen molar-refractivity contribution >= 4 is 11.7 Å². The van der Waals surface area contributed by atoms with Gasteiger partial charge in [0.1, 0.15) is 0 Å². The Labute approximate surface area is 159 Å². The number of alkyl halides is 3. The standard InChI is InChI=1S/C18H19F3N6O/c1-11-14(6-7-15(28)23-10-8-13-5-3-4-9-22-13)12(2)27-17(24-11)25-16(26-27)18(19,20)21/h3-5,9H,6-8,10H2,1-2H3,(H,23,28). The van der Waals surface area contributed by atoms with Gasteiger partial charge in [-0.1, -0.05) is 6.07 Å². The van der Waals surface area contributed by atoms with E-state index in [0.29, 0.717) is 36.3 Å². The van der Waals surface area contributed by atoms with E-state index in [2.05, 4.69) is 25.4 Å². The molecule has 28 heavy (non-hydrogen) atoms. The SMILES string of the molecule is Cc1nc2nc(C(F)(F)F)nn2c(C)c1CCC(=O)NCCc1ccccn1. The van der Waals surface area contributed by atoms with Crippen LogP contribution in [0.1, 0.15) is 34.9 Å². The quantitative estimate of drug-likeness (QED) is 0.697. The minimum Gasteiger partial charge on any atom is -0.356 e. The highest BCUT2D eigenvalue weighted by Crippen LogP contribution is 2.27. The Morgan fingerprint density at radius 2 is 1.96 bits per heavy atom. The summed E-state index contributed by atoms with van der Waals surface area (Å²) in [6, 6.07) is 5.59. The number of carbonyl (C=O) groups is 1. The van der Waals surface area contributed by atoms with Crippen molar-refractivity contribution < 1.29 is 18.0 Å². The molecule has 0 aliphatic carbocycles. The van der Waals surface area contributed by atoms with Gasteiger partial charge < -0.3 is 5.32 Å². The van der Waals surface area contributed by atoms with Crippen LogP contribution >= 0.6 is 0 Å². The number of nitrogens with zero attached hydrogens (tertiary/aromatic N) is 5.